The smallest absolute Gasteiger partial charge is 0.258 e. The lowest BCUT2D eigenvalue weighted by molar-refractivity contribution is -0.384. The molecule has 0 aliphatic rings. The fraction of sp³-hybridized carbons (Fsp3) is 0.111. The van der Waals surface area contributed by atoms with E-state index in [9.17, 15) is 14.3 Å². The molecule has 0 aliphatic heterocycles. The number of non-ortho nitro benzene ring substituents is 1. The number of benzene rings is 1. The van der Waals surface area contributed by atoms with Crippen LogP contribution in [0.15, 0.2) is 41.8 Å². The predicted octanol–water partition coefficient (Wildman–Crippen LogP) is 1.39. The first-order chi connectivity index (χ1) is 7.15. The molecular weight excluding hydrogens is 216 g/mol. The first kappa shape index (κ1) is 11.5. The van der Waals surface area contributed by atoms with Crippen molar-refractivity contribution in [2.24, 2.45) is 0 Å². The van der Waals surface area contributed by atoms with E-state index in [0.717, 1.165) is 0 Å². The van der Waals surface area contributed by atoms with Gasteiger partial charge >= 0.3 is 0 Å². The highest BCUT2D eigenvalue weighted by Gasteiger charge is 2.07. The summed E-state index contributed by atoms with van der Waals surface area (Å²) in [5.41, 5.74) is -0.0144. The highest BCUT2D eigenvalue weighted by atomic mass is 32.2. The van der Waals surface area contributed by atoms with Gasteiger partial charge in [-0.05, 0) is 12.1 Å². The Hall–Kier alpha value is -1.53. The SMILES string of the molecule is C=CCNS(=O)c1ccc([N+](=O)[O-])cc1. The zero-order valence-electron chi connectivity index (χ0n) is 7.88. The van der Waals surface area contributed by atoms with Crippen LogP contribution in [0.3, 0.4) is 0 Å². The summed E-state index contributed by atoms with van der Waals surface area (Å²) in [5, 5.41) is 10.4. The van der Waals surface area contributed by atoms with Crippen molar-refractivity contribution in [2.45, 2.75) is 4.90 Å². The summed E-state index contributed by atoms with van der Waals surface area (Å²) in [6.45, 7) is 3.90. The molecule has 1 atom stereocenters. The molecular formula is C9H10N2O3S. The Morgan fingerprint density at radius 3 is 2.53 bits per heavy atom. The maximum Gasteiger partial charge on any atom is 0.269 e. The molecule has 0 aromatic heterocycles. The predicted molar refractivity (Wildman–Crippen MR) is 57.7 cm³/mol. The Kier molecular flexibility index (Phi) is 4.14. The van der Waals surface area contributed by atoms with E-state index in [1.165, 1.54) is 24.3 Å². The molecule has 5 nitrogen and oxygen atoms in total. The zero-order valence-corrected chi connectivity index (χ0v) is 8.70. The molecule has 15 heavy (non-hydrogen) atoms. The van der Waals surface area contributed by atoms with Crippen molar-refractivity contribution in [3.8, 4) is 0 Å². The van der Waals surface area contributed by atoms with Gasteiger partial charge in [0.2, 0.25) is 0 Å². The normalized spacial score (nSPS) is 12.0. The Morgan fingerprint density at radius 1 is 1.47 bits per heavy atom. The number of hydrogen-bond acceptors (Lipinski definition) is 3. The molecule has 1 aromatic rings. The average Bonchev–Trinajstić information content (AvgIpc) is 2.26. The van der Waals surface area contributed by atoms with E-state index in [4.69, 9.17) is 0 Å². The van der Waals surface area contributed by atoms with E-state index in [-0.39, 0.29) is 5.69 Å². The van der Waals surface area contributed by atoms with E-state index >= 15 is 0 Å². The quantitative estimate of drug-likeness (QED) is 0.468. The van der Waals surface area contributed by atoms with Gasteiger partial charge in [0.25, 0.3) is 5.69 Å². The minimum absolute atomic E-state index is 0.0144. The second-order valence-electron chi connectivity index (χ2n) is 2.66. The number of hydrogen-bond donors (Lipinski definition) is 1. The summed E-state index contributed by atoms with van der Waals surface area (Å²) in [4.78, 5) is 10.4. The summed E-state index contributed by atoms with van der Waals surface area (Å²) < 4.78 is 14.1. The Morgan fingerprint density at radius 2 is 2.07 bits per heavy atom. The second kappa shape index (κ2) is 5.38. The molecule has 1 N–H and O–H groups in total. The first-order valence-electron chi connectivity index (χ1n) is 4.16. The fourth-order valence-corrected chi connectivity index (χ4v) is 1.73. The van der Waals surface area contributed by atoms with Gasteiger partial charge in [0.05, 0.1) is 9.82 Å². The largest absolute Gasteiger partial charge is 0.269 e. The van der Waals surface area contributed by atoms with Crippen LogP contribution in [0.1, 0.15) is 0 Å². The van der Waals surface area contributed by atoms with Crippen molar-refractivity contribution in [2.75, 3.05) is 6.54 Å². The summed E-state index contributed by atoms with van der Waals surface area (Å²) in [5.74, 6) is 0. The van der Waals surface area contributed by atoms with Gasteiger partial charge < -0.3 is 0 Å². The average molecular weight is 226 g/mol. The van der Waals surface area contributed by atoms with Crippen molar-refractivity contribution in [3.63, 3.8) is 0 Å². The zero-order chi connectivity index (χ0) is 11.3. The van der Waals surface area contributed by atoms with E-state index in [0.29, 0.717) is 11.4 Å². The minimum atomic E-state index is -1.35. The second-order valence-corrected chi connectivity index (χ2v) is 3.95. The molecule has 0 saturated heterocycles. The van der Waals surface area contributed by atoms with Crippen molar-refractivity contribution in [1.29, 1.82) is 0 Å². The third-order valence-corrected chi connectivity index (χ3v) is 2.75. The lowest BCUT2D eigenvalue weighted by Crippen LogP contribution is -2.16. The lowest BCUT2D eigenvalue weighted by atomic mass is 10.3. The summed E-state index contributed by atoms with van der Waals surface area (Å²) in [7, 11) is -1.35. The molecule has 0 radical (unpaired) electrons. The van der Waals surface area contributed by atoms with Gasteiger partial charge in [-0.2, -0.15) is 0 Å². The molecule has 0 fully saturated rings. The monoisotopic (exact) mass is 226 g/mol. The molecule has 0 amide bonds. The highest BCUT2D eigenvalue weighted by Crippen LogP contribution is 2.13. The fourth-order valence-electron chi connectivity index (χ4n) is 0.909. The van der Waals surface area contributed by atoms with Gasteiger partial charge in [-0.1, -0.05) is 6.08 Å². The topological polar surface area (TPSA) is 72.2 Å². The standard InChI is InChI=1S/C9H10N2O3S/c1-2-7-10-15(14)9-5-3-8(4-6-9)11(12)13/h2-6,10H,1,7H2. The number of rotatable bonds is 5. The van der Waals surface area contributed by atoms with Crippen molar-refractivity contribution in [1.82, 2.24) is 4.72 Å². The molecule has 80 valence electrons. The molecule has 1 rings (SSSR count). The van der Waals surface area contributed by atoms with Crippen LogP contribution in [-0.2, 0) is 11.0 Å². The number of nitro groups is 1. The molecule has 0 spiro atoms. The van der Waals surface area contributed by atoms with Gasteiger partial charge in [0, 0.05) is 18.7 Å². The van der Waals surface area contributed by atoms with Crippen LogP contribution in [0.2, 0.25) is 0 Å². The van der Waals surface area contributed by atoms with E-state index in [1.807, 2.05) is 0 Å². The van der Waals surface area contributed by atoms with Crippen molar-refractivity contribution in [3.05, 3.63) is 47.0 Å². The maximum absolute atomic E-state index is 11.5. The molecule has 0 heterocycles. The van der Waals surface area contributed by atoms with Crippen LogP contribution < -0.4 is 4.72 Å². The third kappa shape index (κ3) is 3.26. The lowest BCUT2D eigenvalue weighted by Gasteiger charge is -2.01. The number of nitrogens with zero attached hydrogens (tertiary/aromatic N) is 1. The maximum atomic E-state index is 11.5. The molecule has 1 unspecified atom stereocenters. The van der Waals surface area contributed by atoms with Crippen LogP contribution in [0.25, 0.3) is 0 Å². The Bertz CT molecular complexity index is 389. The summed E-state index contributed by atoms with van der Waals surface area (Å²) >= 11 is 0. The van der Waals surface area contributed by atoms with Crippen molar-refractivity contribution < 1.29 is 9.13 Å². The van der Waals surface area contributed by atoms with Gasteiger partial charge in [0.1, 0.15) is 11.0 Å². The van der Waals surface area contributed by atoms with Crippen LogP contribution in [0, 0.1) is 10.1 Å². The van der Waals surface area contributed by atoms with E-state index in [1.54, 1.807) is 6.08 Å². The number of nitro benzene ring substituents is 1. The first-order valence-corrected chi connectivity index (χ1v) is 5.30. The molecule has 0 bridgehead atoms. The molecule has 6 heteroatoms. The van der Waals surface area contributed by atoms with Crippen LogP contribution in [0.5, 0.6) is 0 Å². The molecule has 1 aromatic carbocycles. The van der Waals surface area contributed by atoms with Crippen molar-refractivity contribution >= 4 is 16.7 Å². The Labute approximate surface area is 89.5 Å². The Balaban J connectivity index is 2.75. The van der Waals surface area contributed by atoms with Gasteiger partial charge in [0.15, 0.2) is 0 Å². The van der Waals surface area contributed by atoms with Crippen LogP contribution >= 0.6 is 0 Å². The molecule has 0 aliphatic carbocycles. The van der Waals surface area contributed by atoms with Crippen LogP contribution in [-0.4, -0.2) is 15.7 Å². The summed E-state index contributed by atoms with van der Waals surface area (Å²) in [6.07, 6.45) is 1.59. The third-order valence-electron chi connectivity index (χ3n) is 1.62. The molecule has 0 saturated carbocycles. The summed E-state index contributed by atoms with van der Waals surface area (Å²) in [6, 6.07) is 5.57. The van der Waals surface area contributed by atoms with Gasteiger partial charge in [-0.15, -0.1) is 6.58 Å². The van der Waals surface area contributed by atoms with E-state index in [2.05, 4.69) is 11.3 Å². The van der Waals surface area contributed by atoms with E-state index < -0.39 is 15.9 Å². The van der Waals surface area contributed by atoms with Crippen LogP contribution in [0.4, 0.5) is 5.69 Å². The minimum Gasteiger partial charge on any atom is -0.258 e. The number of nitrogens with one attached hydrogen (secondary N) is 1. The highest BCUT2D eigenvalue weighted by molar-refractivity contribution is 7.83. The van der Waals surface area contributed by atoms with Gasteiger partial charge in [-0.3, -0.25) is 10.1 Å². The van der Waals surface area contributed by atoms with Gasteiger partial charge in [-0.25, -0.2) is 8.93 Å².